The zero-order chi connectivity index (χ0) is 8.39. The molecule has 2 aliphatic rings. The first-order valence-corrected chi connectivity index (χ1v) is 4.73. The molecule has 1 aliphatic heterocycles. The third-order valence-corrected chi connectivity index (χ3v) is 2.54. The highest BCUT2D eigenvalue weighted by Crippen LogP contribution is 2.24. The molecule has 0 bridgehead atoms. The zero-order valence-electron chi connectivity index (χ0n) is 7.51. The molecule has 1 N–H and O–H groups in total. The molecule has 0 saturated carbocycles. The van der Waals surface area contributed by atoms with Gasteiger partial charge < -0.3 is 5.32 Å². The average molecular weight is 161 g/mol. The minimum absolute atomic E-state index is 0.669. The molecule has 0 amide bonds. The molecule has 0 spiro atoms. The van der Waals surface area contributed by atoms with E-state index in [-0.39, 0.29) is 0 Å². The minimum Gasteiger partial charge on any atom is -0.382 e. The second-order valence-electron chi connectivity index (χ2n) is 3.43. The summed E-state index contributed by atoms with van der Waals surface area (Å²) in [7, 11) is 0. The van der Waals surface area contributed by atoms with Crippen LogP contribution < -0.4 is 5.32 Å². The Labute approximate surface area is 73.9 Å². The Morgan fingerprint density at radius 3 is 3.08 bits per heavy atom. The van der Waals surface area contributed by atoms with Gasteiger partial charge in [-0.15, -0.1) is 0 Å². The van der Waals surface area contributed by atoms with Crippen LogP contribution in [-0.2, 0) is 0 Å². The summed E-state index contributed by atoms with van der Waals surface area (Å²) in [6.07, 6.45) is 12.4. The van der Waals surface area contributed by atoms with Gasteiger partial charge in [-0.05, 0) is 30.9 Å². The Bertz CT molecular complexity index is 234. The fraction of sp³-hybridized carbons (Fsp3) is 0.455. The fourth-order valence-electron chi connectivity index (χ4n) is 1.77. The van der Waals surface area contributed by atoms with Gasteiger partial charge in [0.2, 0.25) is 0 Å². The fourth-order valence-corrected chi connectivity index (χ4v) is 1.77. The first-order chi connectivity index (χ1) is 5.90. The van der Waals surface area contributed by atoms with Gasteiger partial charge in [-0.2, -0.15) is 0 Å². The molecule has 1 heteroatoms. The molecule has 0 aromatic carbocycles. The SMILES string of the molecule is CCC1CC2=C(C=CCC=C2)N1. The van der Waals surface area contributed by atoms with E-state index in [2.05, 4.69) is 36.5 Å². The molecule has 0 fully saturated rings. The van der Waals surface area contributed by atoms with E-state index in [4.69, 9.17) is 0 Å². The number of nitrogens with one attached hydrogen (secondary N) is 1. The van der Waals surface area contributed by atoms with Crippen LogP contribution in [0.15, 0.2) is 35.6 Å². The average Bonchev–Trinajstić information content (AvgIpc) is 2.37. The van der Waals surface area contributed by atoms with Crippen LogP contribution in [0.25, 0.3) is 0 Å². The molecular formula is C11H15N. The lowest BCUT2D eigenvalue weighted by atomic mass is 10.1. The predicted molar refractivity (Wildman–Crippen MR) is 51.8 cm³/mol. The molecule has 1 nitrogen and oxygen atoms in total. The molecule has 1 atom stereocenters. The minimum atomic E-state index is 0.669. The largest absolute Gasteiger partial charge is 0.382 e. The van der Waals surface area contributed by atoms with Gasteiger partial charge in [0.1, 0.15) is 0 Å². The summed E-state index contributed by atoms with van der Waals surface area (Å²) in [6.45, 7) is 2.23. The number of hydrogen-bond acceptors (Lipinski definition) is 1. The molecular weight excluding hydrogens is 146 g/mol. The number of allylic oxidation sites excluding steroid dienone is 4. The second-order valence-corrected chi connectivity index (χ2v) is 3.43. The predicted octanol–water partition coefficient (Wildman–Crippen LogP) is 2.53. The molecule has 12 heavy (non-hydrogen) atoms. The van der Waals surface area contributed by atoms with Crippen molar-refractivity contribution in [2.45, 2.75) is 32.2 Å². The van der Waals surface area contributed by atoms with Gasteiger partial charge in [-0.3, -0.25) is 0 Å². The lowest BCUT2D eigenvalue weighted by Gasteiger charge is -2.08. The van der Waals surface area contributed by atoms with Gasteiger partial charge in [0, 0.05) is 11.7 Å². The van der Waals surface area contributed by atoms with E-state index in [1.807, 2.05) is 0 Å². The highest BCUT2D eigenvalue weighted by Gasteiger charge is 2.18. The van der Waals surface area contributed by atoms with Crippen molar-refractivity contribution < 1.29 is 0 Å². The number of hydrogen-bond donors (Lipinski definition) is 1. The molecule has 0 aromatic heterocycles. The highest BCUT2D eigenvalue weighted by molar-refractivity contribution is 5.39. The summed E-state index contributed by atoms with van der Waals surface area (Å²) < 4.78 is 0. The van der Waals surface area contributed by atoms with Gasteiger partial charge in [0.15, 0.2) is 0 Å². The molecule has 0 aromatic rings. The second kappa shape index (κ2) is 3.18. The quantitative estimate of drug-likeness (QED) is 0.623. The molecule has 0 radical (unpaired) electrons. The van der Waals surface area contributed by atoms with E-state index in [0.29, 0.717) is 6.04 Å². The topological polar surface area (TPSA) is 12.0 Å². The van der Waals surface area contributed by atoms with E-state index < -0.39 is 0 Å². The van der Waals surface area contributed by atoms with Crippen molar-refractivity contribution in [1.29, 1.82) is 0 Å². The maximum atomic E-state index is 3.52. The van der Waals surface area contributed by atoms with Gasteiger partial charge in [-0.25, -0.2) is 0 Å². The van der Waals surface area contributed by atoms with Crippen molar-refractivity contribution in [3.05, 3.63) is 35.6 Å². The summed E-state index contributed by atoms with van der Waals surface area (Å²) in [4.78, 5) is 0. The van der Waals surface area contributed by atoms with Gasteiger partial charge in [0.05, 0.1) is 0 Å². The lowest BCUT2D eigenvalue weighted by molar-refractivity contribution is 0.595. The van der Waals surface area contributed by atoms with Gasteiger partial charge >= 0.3 is 0 Å². The van der Waals surface area contributed by atoms with Crippen LogP contribution >= 0.6 is 0 Å². The van der Waals surface area contributed by atoms with Gasteiger partial charge in [-0.1, -0.05) is 25.2 Å². The van der Waals surface area contributed by atoms with Crippen LogP contribution in [0.2, 0.25) is 0 Å². The van der Waals surface area contributed by atoms with Crippen molar-refractivity contribution in [2.24, 2.45) is 0 Å². The Morgan fingerprint density at radius 1 is 1.42 bits per heavy atom. The Kier molecular flexibility index (Phi) is 2.03. The Balaban J connectivity index is 2.17. The Morgan fingerprint density at radius 2 is 2.25 bits per heavy atom. The molecule has 1 aliphatic carbocycles. The first-order valence-electron chi connectivity index (χ1n) is 4.73. The van der Waals surface area contributed by atoms with Crippen LogP contribution in [0.5, 0.6) is 0 Å². The maximum Gasteiger partial charge on any atom is 0.0372 e. The van der Waals surface area contributed by atoms with Gasteiger partial charge in [0.25, 0.3) is 0 Å². The number of rotatable bonds is 1. The summed E-state index contributed by atoms with van der Waals surface area (Å²) in [5.74, 6) is 0. The molecule has 1 unspecified atom stereocenters. The van der Waals surface area contributed by atoms with E-state index in [1.165, 1.54) is 24.1 Å². The Hall–Kier alpha value is -0.980. The summed E-state index contributed by atoms with van der Waals surface area (Å²) in [6, 6.07) is 0.669. The van der Waals surface area contributed by atoms with E-state index in [1.54, 1.807) is 0 Å². The highest BCUT2D eigenvalue weighted by atomic mass is 14.9. The van der Waals surface area contributed by atoms with E-state index in [0.717, 1.165) is 6.42 Å². The van der Waals surface area contributed by atoms with Crippen LogP contribution in [0.4, 0.5) is 0 Å². The van der Waals surface area contributed by atoms with Crippen LogP contribution in [0, 0.1) is 0 Å². The smallest absolute Gasteiger partial charge is 0.0372 e. The molecule has 2 rings (SSSR count). The first kappa shape index (κ1) is 7.66. The third-order valence-electron chi connectivity index (χ3n) is 2.54. The van der Waals surface area contributed by atoms with Crippen molar-refractivity contribution in [3.8, 4) is 0 Å². The maximum absolute atomic E-state index is 3.52. The summed E-state index contributed by atoms with van der Waals surface area (Å²) in [5.41, 5.74) is 2.83. The van der Waals surface area contributed by atoms with Crippen molar-refractivity contribution in [1.82, 2.24) is 5.32 Å². The van der Waals surface area contributed by atoms with E-state index in [9.17, 15) is 0 Å². The van der Waals surface area contributed by atoms with Crippen molar-refractivity contribution >= 4 is 0 Å². The normalized spacial score (nSPS) is 26.9. The zero-order valence-corrected chi connectivity index (χ0v) is 7.51. The lowest BCUT2D eigenvalue weighted by Crippen LogP contribution is -2.20. The summed E-state index contributed by atoms with van der Waals surface area (Å²) in [5, 5.41) is 3.52. The van der Waals surface area contributed by atoms with Crippen molar-refractivity contribution in [3.63, 3.8) is 0 Å². The molecule has 1 heterocycles. The van der Waals surface area contributed by atoms with E-state index >= 15 is 0 Å². The monoisotopic (exact) mass is 161 g/mol. The van der Waals surface area contributed by atoms with Crippen LogP contribution in [0.3, 0.4) is 0 Å². The molecule has 0 saturated heterocycles. The summed E-state index contributed by atoms with van der Waals surface area (Å²) >= 11 is 0. The van der Waals surface area contributed by atoms with Crippen molar-refractivity contribution in [2.75, 3.05) is 0 Å². The van der Waals surface area contributed by atoms with Crippen LogP contribution in [0.1, 0.15) is 26.2 Å². The standard InChI is InChI=1S/C11H15N/c1-2-10-8-9-6-4-3-5-7-11(9)12-10/h4-7,10,12H,2-3,8H2,1H3. The third kappa shape index (κ3) is 1.31. The van der Waals surface area contributed by atoms with Crippen LogP contribution in [-0.4, -0.2) is 6.04 Å². The molecule has 64 valence electrons.